The lowest BCUT2D eigenvalue weighted by Crippen LogP contribution is -2.40. The smallest absolute Gasteiger partial charge is 0.240 e. The van der Waals surface area contributed by atoms with Gasteiger partial charge in [0.2, 0.25) is 11.9 Å². The second kappa shape index (κ2) is 4.42. The zero-order chi connectivity index (χ0) is 12.4. The van der Waals surface area contributed by atoms with E-state index in [-0.39, 0.29) is 17.9 Å². The lowest BCUT2D eigenvalue weighted by molar-refractivity contribution is -0.119. The fraction of sp³-hybridized carbons (Fsp3) is 0.444. The number of hydrogen-bond acceptors (Lipinski definition) is 7. The minimum Gasteiger partial charge on any atom is -0.368 e. The topological polar surface area (TPSA) is 136 Å². The first-order valence-electron chi connectivity index (χ1n) is 5.29. The number of nitrogens with zero attached hydrogens (tertiary/aromatic N) is 3. The van der Waals surface area contributed by atoms with Crippen LogP contribution >= 0.6 is 0 Å². The van der Waals surface area contributed by atoms with Crippen LogP contribution in [0, 0.1) is 0 Å². The number of nitrogens with one attached hydrogen (secondary N) is 1. The van der Waals surface area contributed by atoms with E-state index in [0.717, 1.165) is 12.8 Å². The number of carbonyl (C=O) groups excluding carboxylic acids is 1. The lowest BCUT2D eigenvalue weighted by atomic mass is 10.2. The molecule has 1 saturated heterocycles. The van der Waals surface area contributed by atoms with E-state index in [2.05, 4.69) is 15.4 Å². The number of carbonyl (C=O) groups is 1. The molecule has 1 aliphatic heterocycles. The number of amides is 1. The number of hydrogen-bond donors (Lipinski definition) is 4. The van der Waals surface area contributed by atoms with Crippen molar-refractivity contribution in [3.63, 3.8) is 0 Å². The third-order valence-electron chi connectivity index (χ3n) is 2.75. The zero-order valence-corrected chi connectivity index (χ0v) is 9.26. The predicted molar refractivity (Wildman–Crippen MR) is 63.8 cm³/mol. The molecule has 0 radical (unpaired) electrons. The summed E-state index contributed by atoms with van der Waals surface area (Å²) in [6.07, 6.45) is 1.62. The number of hydrazine groups is 1. The van der Waals surface area contributed by atoms with Gasteiger partial charge in [-0.3, -0.25) is 4.79 Å². The van der Waals surface area contributed by atoms with Crippen molar-refractivity contribution in [3.8, 4) is 0 Å². The summed E-state index contributed by atoms with van der Waals surface area (Å²) >= 11 is 0. The molecule has 1 fully saturated rings. The van der Waals surface area contributed by atoms with Gasteiger partial charge in [-0.2, -0.15) is 9.97 Å². The highest BCUT2D eigenvalue weighted by molar-refractivity contribution is 5.84. The first-order chi connectivity index (χ1) is 8.11. The molecule has 0 bridgehead atoms. The van der Waals surface area contributed by atoms with Crippen LogP contribution in [0.1, 0.15) is 12.8 Å². The Balaban J connectivity index is 2.32. The molecule has 0 saturated carbocycles. The first-order valence-corrected chi connectivity index (χ1v) is 5.29. The van der Waals surface area contributed by atoms with Crippen LogP contribution in [0.2, 0.25) is 0 Å². The molecule has 1 atom stereocenters. The second-order valence-electron chi connectivity index (χ2n) is 3.87. The number of aromatic nitrogens is 2. The monoisotopic (exact) mass is 237 g/mol. The highest BCUT2D eigenvalue weighted by Gasteiger charge is 2.30. The largest absolute Gasteiger partial charge is 0.368 e. The van der Waals surface area contributed by atoms with Gasteiger partial charge in [0.1, 0.15) is 17.7 Å². The van der Waals surface area contributed by atoms with Gasteiger partial charge in [-0.15, -0.1) is 0 Å². The van der Waals surface area contributed by atoms with E-state index < -0.39 is 0 Å². The van der Waals surface area contributed by atoms with Gasteiger partial charge in [-0.25, -0.2) is 5.84 Å². The Labute approximate surface area is 98.2 Å². The molecule has 0 aliphatic carbocycles. The summed E-state index contributed by atoms with van der Waals surface area (Å²) in [5, 5.41) is 0. The first kappa shape index (κ1) is 11.4. The summed E-state index contributed by atoms with van der Waals surface area (Å²) in [6, 6.07) is 1.30. The van der Waals surface area contributed by atoms with E-state index in [4.69, 9.17) is 17.3 Å². The van der Waals surface area contributed by atoms with Gasteiger partial charge in [0, 0.05) is 12.6 Å². The molecule has 92 valence electrons. The Kier molecular flexibility index (Phi) is 2.96. The van der Waals surface area contributed by atoms with Crippen molar-refractivity contribution in [2.45, 2.75) is 18.9 Å². The Morgan fingerprint density at radius 2 is 2.29 bits per heavy atom. The van der Waals surface area contributed by atoms with Crippen LogP contribution in [-0.4, -0.2) is 28.5 Å². The Morgan fingerprint density at radius 3 is 2.94 bits per heavy atom. The third kappa shape index (κ3) is 2.21. The van der Waals surface area contributed by atoms with Crippen molar-refractivity contribution >= 4 is 23.5 Å². The molecule has 8 nitrogen and oxygen atoms in total. The highest BCUT2D eigenvalue weighted by atomic mass is 16.1. The molecule has 8 heteroatoms. The van der Waals surface area contributed by atoms with Crippen LogP contribution in [0.25, 0.3) is 0 Å². The minimum absolute atomic E-state index is 0.102. The van der Waals surface area contributed by atoms with Crippen molar-refractivity contribution in [1.29, 1.82) is 0 Å². The van der Waals surface area contributed by atoms with E-state index in [0.29, 0.717) is 18.2 Å². The molecule has 1 aliphatic rings. The summed E-state index contributed by atoms with van der Waals surface area (Å²) in [4.78, 5) is 21.1. The molecule has 1 unspecified atom stereocenters. The molecule has 0 spiro atoms. The third-order valence-corrected chi connectivity index (χ3v) is 2.75. The average molecular weight is 237 g/mol. The van der Waals surface area contributed by atoms with Gasteiger partial charge >= 0.3 is 0 Å². The SMILES string of the molecule is NNc1cc(N2CCCC2C(N)=O)nc(N)n1. The van der Waals surface area contributed by atoms with E-state index in [1.54, 1.807) is 6.07 Å². The van der Waals surface area contributed by atoms with Crippen molar-refractivity contribution in [2.24, 2.45) is 11.6 Å². The van der Waals surface area contributed by atoms with Crippen molar-refractivity contribution in [1.82, 2.24) is 9.97 Å². The molecule has 1 amide bonds. The Bertz CT molecular complexity index is 435. The van der Waals surface area contributed by atoms with E-state index >= 15 is 0 Å². The number of rotatable bonds is 3. The number of anilines is 3. The highest BCUT2D eigenvalue weighted by Crippen LogP contribution is 2.25. The van der Waals surface area contributed by atoms with Gasteiger partial charge in [0.25, 0.3) is 0 Å². The standard InChI is InChI=1S/C9H15N7O/c10-8(17)5-2-1-3-16(5)7-4-6(15-12)13-9(11)14-7/h4-5H,1-3,12H2,(H2,10,17)(H3,11,13,14,15). The molecule has 0 aromatic carbocycles. The zero-order valence-electron chi connectivity index (χ0n) is 9.26. The normalized spacial score (nSPS) is 19.4. The van der Waals surface area contributed by atoms with Crippen LogP contribution in [0.3, 0.4) is 0 Å². The van der Waals surface area contributed by atoms with Gasteiger partial charge in [-0.1, -0.05) is 0 Å². The van der Waals surface area contributed by atoms with Gasteiger partial charge in [-0.05, 0) is 12.8 Å². The lowest BCUT2D eigenvalue weighted by Gasteiger charge is -2.23. The molecule has 2 heterocycles. The fourth-order valence-corrected chi connectivity index (χ4v) is 2.01. The number of primary amides is 1. The maximum Gasteiger partial charge on any atom is 0.240 e. The molecular formula is C9H15N7O. The fourth-order valence-electron chi connectivity index (χ4n) is 2.01. The van der Waals surface area contributed by atoms with Crippen molar-refractivity contribution < 1.29 is 4.79 Å². The van der Waals surface area contributed by atoms with Crippen LogP contribution in [-0.2, 0) is 4.79 Å². The second-order valence-corrected chi connectivity index (χ2v) is 3.87. The minimum atomic E-state index is -0.359. The van der Waals surface area contributed by atoms with Crippen LogP contribution in [0.4, 0.5) is 17.6 Å². The Hall–Kier alpha value is -2.09. The summed E-state index contributed by atoms with van der Waals surface area (Å²) in [5.41, 5.74) is 13.3. The molecule has 17 heavy (non-hydrogen) atoms. The molecule has 7 N–H and O–H groups in total. The summed E-state index contributed by atoms with van der Waals surface area (Å²) < 4.78 is 0. The molecule has 2 rings (SSSR count). The molecule has 1 aromatic heterocycles. The quantitative estimate of drug-likeness (QED) is 0.383. The van der Waals surface area contributed by atoms with Crippen molar-refractivity contribution in [2.75, 3.05) is 22.6 Å². The number of nitrogen functional groups attached to an aromatic ring is 2. The van der Waals surface area contributed by atoms with Crippen molar-refractivity contribution in [3.05, 3.63) is 6.07 Å². The summed E-state index contributed by atoms with van der Waals surface area (Å²) in [5.74, 6) is 5.98. The van der Waals surface area contributed by atoms with Crippen LogP contribution < -0.4 is 27.6 Å². The van der Waals surface area contributed by atoms with Gasteiger partial charge < -0.3 is 21.8 Å². The van der Waals surface area contributed by atoms with Gasteiger partial charge in [0.05, 0.1) is 0 Å². The number of nitrogens with two attached hydrogens (primary N) is 3. The van der Waals surface area contributed by atoms with E-state index in [9.17, 15) is 4.79 Å². The maximum absolute atomic E-state index is 11.3. The van der Waals surface area contributed by atoms with Crippen LogP contribution in [0.5, 0.6) is 0 Å². The van der Waals surface area contributed by atoms with E-state index in [1.807, 2.05) is 4.90 Å². The molecule has 1 aromatic rings. The summed E-state index contributed by atoms with van der Waals surface area (Å²) in [6.45, 7) is 0.716. The Morgan fingerprint density at radius 1 is 1.53 bits per heavy atom. The van der Waals surface area contributed by atoms with E-state index in [1.165, 1.54) is 0 Å². The summed E-state index contributed by atoms with van der Waals surface area (Å²) in [7, 11) is 0. The maximum atomic E-state index is 11.3. The molecular weight excluding hydrogens is 222 g/mol. The van der Waals surface area contributed by atoms with Gasteiger partial charge in [0.15, 0.2) is 0 Å². The predicted octanol–water partition coefficient (Wildman–Crippen LogP) is -1.20. The average Bonchev–Trinajstić information content (AvgIpc) is 2.77. The van der Waals surface area contributed by atoms with Crippen LogP contribution in [0.15, 0.2) is 6.07 Å².